The van der Waals surface area contributed by atoms with E-state index in [1.54, 1.807) is 0 Å². The van der Waals surface area contributed by atoms with Crippen molar-refractivity contribution in [1.29, 1.82) is 0 Å². The molecule has 86 valence electrons. The maximum atomic E-state index is 10.5. The SMILES string of the molecule is [N-]=[N+]=NCC(O)C(O)c1ncc(C(=O)O)s1. The van der Waals surface area contributed by atoms with Crippen LogP contribution < -0.4 is 0 Å². The van der Waals surface area contributed by atoms with E-state index >= 15 is 0 Å². The zero-order valence-corrected chi connectivity index (χ0v) is 8.70. The van der Waals surface area contributed by atoms with Crippen molar-refractivity contribution in [2.24, 2.45) is 5.11 Å². The molecule has 8 nitrogen and oxygen atoms in total. The van der Waals surface area contributed by atoms with Crippen molar-refractivity contribution in [3.05, 3.63) is 26.5 Å². The van der Waals surface area contributed by atoms with Crippen LogP contribution in [0.25, 0.3) is 10.4 Å². The average molecular weight is 244 g/mol. The van der Waals surface area contributed by atoms with Crippen LogP contribution in [0.4, 0.5) is 0 Å². The number of hydrogen-bond acceptors (Lipinski definition) is 6. The van der Waals surface area contributed by atoms with Crippen LogP contribution in [-0.2, 0) is 0 Å². The summed E-state index contributed by atoms with van der Waals surface area (Å²) in [7, 11) is 0. The largest absolute Gasteiger partial charge is 0.477 e. The van der Waals surface area contributed by atoms with Crippen LogP contribution in [-0.4, -0.2) is 38.9 Å². The lowest BCUT2D eigenvalue weighted by molar-refractivity contribution is 0.0243. The fraction of sp³-hybridized carbons (Fsp3) is 0.429. The molecule has 0 saturated carbocycles. The van der Waals surface area contributed by atoms with Gasteiger partial charge in [-0.2, -0.15) is 0 Å². The zero-order valence-electron chi connectivity index (χ0n) is 7.89. The Labute approximate surface area is 93.4 Å². The summed E-state index contributed by atoms with van der Waals surface area (Å²) in [4.78, 5) is 16.6. The van der Waals surface area contributed by atoms with Crippen LogP contribution in [0.5, 0.6) is 0 Å². The quantitative estimate of drug-likeness (QED) is 0.394. The standard InChI is InChI=1S/C7H8N4O4S/c8-11-10-1-3(12)5(13)6-9-2-4(16-6)7(14)15/h2-3,5,12-13H,1H2,(H,14,15). The molecule has 0 bridgehead atoms. The summed E-state index contributed by atoms with van der Waals surface area (Å²) in [6, 6.07) is 0. The Morgan fingerprint density at radius 1 is 1.69 bits per heavy atom. The Hall–Kier alpha value is -1.67. The number of aliphatic hydroxyl groups excluding tert-OH is 2. The molecular weight excluding hydrogens is 236 g/mol. The van der Waals surface area contributed by atoms with Gasteiger partial charge in [0.1, 0.15) is 16.0 Å². The predicted octanol–water partition coefficient (Wildman–Crippen LogP) is 0.546. The summed E-state index contributed by atoms with van der Waals surface area (Å²) in [6.45, 7) is -0.306. The summed E-state index contributed by atoms with van der Waals surface area (Å²) in [5.41, 5.74) is 8.02. The molecule has 0 aliphatic rings. The number of aromatic carboxylic acids is 1. The van der Waals surface area contributed by atoms with E-state index in [1.165, 1.54) is 0 Å². The van der Waals surface area contributed by atoms with Gasteiger partial charge in [-0.3, -0.25) is 0 Å². The molecule has 9 heteroatoms. The van der Waals surface area contributed by atoms with E-state index in [-0.39, 0.29) is 16.4 Å². The molecule has 1 rings (SSSR count). The normalized spacial score (nSPS) is 13.9. The lowest BCUT2D eigenvalue weighted by Crippen LogP contribution is -2.20. The van der Waals surface area contributed by atoms with Crippen molar-refractivity contribution in [2.45, 2.75) is 12.2 Å². The molecule has 0 spiro atoms. The fourth-order valence-corrected chi connectivity index (χ4v) is 1.71. The highest BCUT2D eigenvalue weighted by Gasteiger charge is 2.22. The molecule has 0 aromatic carbocycles. The van der Waals surface area contributed by atoms with Gasteiger partial charge in [0.05, 0.1) is 18.8 Å². The number of azide groups is 1. The second kappa shape index (κ2) is 5.42. The van der Waals surface area contributed by atoms with E-state index in [0.717, 1.165) is 17.5 Å². The van der Waals surface area contributed by atoms with Crippen molar-refractivity contribution < 1.29 is 20.1 Å². The van der Waals surface area contributed by atoms with E-state index in [0.29, 0.717) is 0 Å². The molecule has 16 heavy (non-hydrogen) atoms. The van der Waals surface area contributed by atoms with Gasteiger partial charge >= 0.3 is 5.97 Å². The minimum atomic E-state index is -1.36. The number of carboxylic acid groups (broad SMARTS) is 1. The van der Waals surface area contributed by atoms with E-state index in [2.05, 4.69) is 15.0 Å². The molecule has 2 atom stereocenters. The Bertz CT molecular complexity index is 428. The van der Waals surface area contributed by atoms with Gasteiger partial charge in [0.15, 0.2) is 0 Å². The molecule has 0 amide bonds. The van der Waals surface area contributed by atoms with Crippen LogP contribution in [0, 0.1) is 0 Å². The summed E-state index contributed by atoms with van der Waals surface area (Å²) in [5, 5.41) is 30.7. The minimum Gasteiger partial charge on any atom is -0.477 e. The molecule has 0 fully saturated rings. The van der Waals surface area contributed by atoms with Gasteiger partial charge in [-0.05, 0) is 5.53 Å². The number of thiazole rings is 1. The van der Waals surface area contributed by atoms with E-state index in [4.69, 9.17) is 10.6 Å². The molecular formula is C7H8N4O4S. The summed E-state index contributed by atoms with van der Waals surface area (Å²) in [6.07, 6.45) is -1.57. The third-order valence-corrected chi connectivity index (χ3v) is 2.74. The summed E-state index contributed by atoms with van der Waals surface area (Å²) in [5.74, 6) is -1.15. The predicted molar refractivity (Wildman–Crippen MR) is 54.1 cm³/mol. The zero-order chi connectivity index (χ0) is 12.1. The molecule has 2 unspecified atom stereocenters. The Balaban J connectivity index is 2.75. The van der Waals surface area contributed by atoms with Crippen molar-refractivity contribution in [1.82, 2.24) is 4.98 Å². The number of aromatic nitrogens is 1. The van der Waals surface area contributed by atoms with Gasteiger partial charge < -0.3 is 15.3 Å². The van der Waals surface area contributed by atoms with Gasteiger partial charge in [0.25, 0.3) is 0 Å². The van der Waals surface area contributed by atoms with Crippen LogP contribution in [0.3, 0.4) is 0 Å². The van der Waals surface area contributed by atoms with E-state index in [9.17, 15) is 15.0 Å². The summed E-state index contributed by atoms with van der Waals surface area (Å²) < 4.78 is 0. The Kier molecular flexibility index (Phi) is 4.20. The number of hydrogen-bond donors (Lipinski definition) is 3. The smallest absolute Gasteiger partial charge is 0.347 e. The van der Waals surface area contributed by atoms with E-state index in [1.807, 2.05) is 0 Å². The molecule has 0 radical (unpaired) electrons. The first-order valence-electron chi connectivity index (χ1n) is 4.12. The highest BCUT2D eigenvalue weighted by Crippen LogP contribution is 2.22. The first kappa shape index (κ1) is 12.4. The van der Waals surface area contributed by atoms with Gasteiger partial charge in [0.2, 0.25) is 0 Å². The summed E-state index contributed by atoms with van der Waals surface area (Å²) >= 11 is 0.755. The number of carboxylic acids is 1. The Morgan fingerprint density at radius 2 is 2.38 bits per heavy atom. The molecule has 1 aromatic heterocycles. The topological polar surface area (TPSA) is 139 Å². The maximum Gasteiger partial charge on any atom is 0.347 e. The molecule has 3 N–H and O–H groups in total. The van der Waals surface area contributed by atoms with Gasteiger partial charge in [-0.1, -0.05) is 5.11 Å². The number of aliphatic hydroxyl groups is 2. The highest BCUT2D eigenvalue weighted by molar-refractivity contribution is 7.13. The van der Waals surface area contributed by atoms with Crippen molar-refractivity contribution in [2.75, 3.05) is 6.54 Å². The third-order valence-electron chi connectivity index (χ3n) is 1.68. The van der Waals surface area contributed by atoms with Crippen LogP contribution >= 0.6 is 11.3 Å². The second-order valence-electron chi connectivity index (χ2n) is 2.79. The van der Waals surface area contributed by atoms with E-state index < -0.39 is 18.2 Å². The maximum absolute atomic E-state index is 10.5. The monoisotopic (exact) mass is 244 g/mol. The van der Waals surface area contributed by atoms with Crippen LogP contribution in [0.2, 0.25) is 0 Å². The Morgan fingerprint density at radius 3 is 2.88 bits per heavy atom. The van der Waals surface area contributed by atoms with Gasteiger partial charge in [-0.15, -0.1) is 11.3 Å². The fourth-order valence-electron chi connectivity index (χ4n) is 0.908. The molecule has 0 aliphatic heterocycles. The van der Waals surface area contributed by atoms with Gasteiger partial charge in [0, 0.05) is 4.91 Å². The van der Waals surface area contributed by atoms with Crippen LogP contribution in [0.15, 0.2) is 11.3 Å². The molecule has 0 saturated heterocycles. The van der Waals surface area contributed by atoms with Crippen LogP contribution in [0.1, 0.15) is 20.8 Å². The minimum absolute atomic E-state index is 0.0370. The van der Waals surface area contributed by atoms with Crippen molar-refractivity contribution >= 4 is 17.3 Å². The number of carbonyl (C=O) groups is 1. The average Bonchev–Trinajstić information content (AvgIpc) is 2.74. The number of nitrogens with zero attached hydrogens (tertiary/aromatic N) is 4. The second-order valence-corrected chi connectivity index (χ2v) is 3.86. The molecule has 1 heterocycles. The van der Waals surface area contributed by atoms with Crippen molar-refractivity contribution in [3.8, 4) is 0 Å². The first-order chi connectivity index (χ1) is 7.56. The van der Waals surface area contributed by atoms with Gasteiger partial charge in [-0.25, -0.2) is 9.78 Å². The van der Waals surface area contributed by atoms with Crippen molar-refractivity contribution in [3.63, 3.8) is 0 Å². The lowest BCUT2D eigenvalue weighted by Gasteiger charge is -2.12. The lowest BCUT2D eigenvalue weighted by atomic mass is 10.2. The number of rotatable bonds is 5. The molecule has 1 aromatic rings. The third kappa shape index (κ3) is 2.91. The molecule has 0 aliphatic carbocycles. The highest BCUT2D eigenvalue weighted by atomic mass is 32.1. The first-order valence-corrected chi connectivity index (χ1v) is 4.94.